The normalized spacial score (nSPS) is 17.5. The number of β-amino-alcohol motifs (C(OH)–C–C–N with tert-alkyl or cyclic N) is 1. The molecule has 2 aromatic rings. The van der Waals surface area contributed by atoms with Crippen molar-refractivity contribution in [1.82, 2.24) is 14.9 Å². The van der Waals surface area contributed by atoms with Crippen LogP contribution in [-0.4, -0.2) is 44.6 Å². The first-order valence-corrected chi connectivity index (χ1v) is 6.69. The van der Waals surface area contributed by atoms with Gasteiger partial charge in [-0.05, 0) is 19.4 Å². The van der Waals surface area contributed by atoms with Crippen LogP contribution in [0.1, 0.15) is 22.2 Å². The van der Waals surface area contributed by atoms with Crippen LogP contribution in [0.5, 0.6) is 0 Å². The Morgan fingerprint density at radius 1 is 1.58 bits per heavy atom. The summed E-state index contributed by atoms with van der Waals surface area (Å²) in [4.78, 5) is 33.3. The minimum absolute atomic E-state index is 0.147. The summed E-state index contributed by atoms with van der Waals surface area (Å²) in [5.41, 5.74) is -0.366. The van der Waals surface area contributed by atoms with Crippen LogP contribution in [-0.2, 0) is 0 Å². The maximum atomic E-state index is 12.3. The summed E-state index contributed by atoms with van der Waals surface area (Å²) in [5.74, 6) is -0.147. The van der Waals surface area contributed by atoms with E-state index in [0.717, 1.165) is 0 Å². The Kier molecular flexibility index (Phi) is 2.51. The Bertz CT molecular complexity index is 723. The van der Waals surface area contributed by atoms with Gasteiger partial charge in [-0.2, -0.15) is 0 Å². The van der Waals surface area contributed by atoms with Crippen molar-refractivity contribution in [3.8, 4) is 0 Å². The number of thiophene rings is 1. The topological polar surface area (TPSA) is 86.3 Å². The molecule has 3 heterocycles. The number of aromatic nitrogens is 2. The second-order valence-corrected chi connectivity index (χ2v) is 6.13. The summed E-state index contributed by atoms with van der Waals surface area (Å²) in [7, 11) is 0. The van der Waals surface area contributed by atoms with Gasteiger partial charge in [0.2, 0.25) is 0 Å². The lowest BCUT2D eigenvalue weighted by atomic mass is 9.96. The van der Waals surface area contributed by atoms with Crippen LogP contribution in [0.15, 0.2) is 11.1 Å². The van der Waals surface area contributed by atoms with Gasteiger partial charge in [0.05, 0.1) is 35.3 Å². The number of aromatic amines is 1. The number of hydrogen-bond donors (Lipinski definition) is 2. The van der Waals surface area contributed by atoms with Crippen molar-refractivity contribution >= 4 is 27.5 Å². The molecule has 3 rings (SSSR count). The molecule has 0 bridgehead atoms. The molecule has 0 spiro atoms. The smallest absolute Gasteiger partial charge is 0.264 e. The molecule has 1 aliphatic heterocycles. The fourth-order valence-corrected chi connectivity index (χ4v) is 3.46. The van der Waals surface area contributed by atoms with E-state index < -0.39 is 5.60 Å². The Labute approximate surface area is 112 Å². The molecule has 1 fully saturated rings. The molecule has 1 aliphatic rings. The Morgan fingerprint density at radius 2 is 2.26 bits per heavy atom. The lowest BCUT2D eigenvalue weighted by Crippen LogP contribution is -2.61. The fraction of sp³-hybridized carbons (Fsp3) is 0.417. The molecule has 6 nitrogen and oxygen atoms in total. The molecular weight excluding hydrogens is 266 g/mol. The first-order chi connectivity index (χ1) is 8.89. The molecule has 7 heteroatoms. The minimum atomic E-state index is -0.796. The van der Waals surface area contributed by atoms with Crippen LogP contribution >= 0.6 is 11.3 Å². The number of aryl methyl sites for hydroxylation is 1. The molecule has 0 aromatic carbocycles. The maximum absolute atomic E-state index is 12.3. The van der Waals surface area contributed by atoms with Gasteiger partial charge in [0.1, 0.15) is 4.83 Å². The highest BCUT2D eigenvalue weighted by Crippen LogP contribution is 2.30. The van der Waals surface area contributed by atoms with Gasteiger partial charge in [-0.3, -0.25) is 9.59 Å². The standard InChI is InChI=1S/C12H13N3O3S/c1-6-7-9(16)13-5-14-10(7)19-8(6)11(17)15-3-12(2,18)4-15/h5,18H,3-4H2,1-2H3,(H,13,14,16). The molecule has 100 valence electrons. The molecule has 0 aliphatic carbocycles. The average Bonchev–Trinajstić information content (AvgIpc) is 2.64. The van der Waals surface area contributed by atoms with Crippen molar-refractivity contribution in [3.05, 3.63) is 27.1 Å². The van der Waals surface area contributed by atoms with Crippen LogP contribution in [0.25, 0.3) is 10.2 Å². The lowest BCUT2D eigenvalue weighted by Gasteiger charge is -2.44. The summed E-state index contributed by atoms with van der Waals surface area (Å²) >= 11 is 1.22. The Morgan fingerprint density at radius 3 is 2.84 bits per heavy atom. The van der Waals surface area contributed by atoms with Crippen molar-refractivity contribution in [3.63, 3.8) is 0 Å². The minimum Gasteiger partial charge on any atom is -0.386 e. The SMILES string of the molecule is Cc1c(C(=O)N2CC(C)(O)C2)sc2nc[nH]c(=O)c12. The predicted octanol–water partition coefficient (Wildman–Crippen LogP) is 0.500. The van der Waals surface area contributed by atoms with Crippen molar-refractivity contribution in [2.75, 3.05) is 13.1 Å². The molecule has 0 saturated carbocycles. The highest BCUT2D eigenvalue weighted by molar-refractivity contribution is 7.20. The van der Waals surface area contributed by atoms with E-state index in [1.165, 1.54) is 17.7 Å². The number of aliphatic hydroxyl groups is 1. The van der Waals surface area contributed by atoms with Crippen LogP contribution in [0.4, 0.5) is 0 Å². The zero-order valence-electron chi connectivity index (χ0n) is 10.6. The largest absolute Gasteiger partial charge is 0.386 e. The molecule has 0 radical (unpaired) electrons. The third-order valence-electron chi connectivity index (χ3n) is 3.28. The van der Waals surface area contributed by atoms with Crippen LogP contribution in [0.2, 0.25) is 0 Å². The fourth-order valence-electron chi connectivity index (χ4n) is 2.35. The predicted molar refractivity (Wildman–Crippen MR) is 71.5 cm³/mol. The van der Waals surface area contributed by atoms with Crippen molar-refractivity contribution < 1.29 is 9.90 Å². The van der Waals surface area contributed by atoms with E-state index in [1.807, 2.05) is 0 Å². The molecule has 1 amide bonds. The van der Waals surface area contributed by atoms with Gasteiger partial charge < -0.3 is 15.0 Å². The van der Waals surface area contributed by atoms with E-state index in [-0.39, 0.29) is 11.5 Å². The van der Waals surface area contributed by atoms with Gasteiger partial charge >= 0.3 is 0 Å². The highest BCUT2D eigenvalue weighted by Gasteiger charge is 2.40. The summed E-state index contributed by atoms with van der Waals surface area (Å²) in [6, 6.07) is 0. The number of amides is 1. The first-order valence-electron chi connectivity index (χ1n) is 5.87. The number of rotatable bonds is 1. The Balaban J connectivity index is 2.02. The van der Waals surface area contributed by atoms with Gasteiger partial charge in [0.15, 0.2) is 0 Å². The van der Waals surface area contributed by atoms with Crippen LogP contribution in [0, 0.1) is 6.92 Å². The summed E-state index contributed by atoms with van der Waals surface area (Å²) in [5, 5.41) is 10.1. The number of carbonyl (C=O) groups is 1. The van der Waals surface area contributed by atoms with Gasteiger partial charge in [0.25, 0.3) is 11.5 Å². The van der Waals surface area contributed by atoms with Crippen molar-refractivity contribution in [2.24, 2.45) is 0 Å². The molecule has 2 aromatic heterocycles. The third-order valence-corrected chi connectivity index (χ3v) is 4.46. The molecule has 0 atom stereocenters. The van der Waals surface area contributed by atoms with Gasteiger partial charge in [-0.1, -0.05) is 0 Å². The van der Waals surface area contributed by atoms with E-state index in [0.29, 0.717) is 33.7 Å². The average molecular weight is 279 g/mol. The van der Waals surface area contributed by atoms with E-state index in [9.17, 15) is 14.7 Å². The van der Waals surface area contributed by atoms with Gasteiger partial charge in [-0.25, -0.2) is 4.98 Å². The second-order valence-electron chi connectivity index (χ2n) is 5.13. The highest BCUT2D eigenvalue weighted by atomic mass is 32.1. The van der Waals surface area contributed by atoms with Crippen molar-refractivity contribution in [1.29, 1.82) is 0 Å². The zero-order chi connectivity index (χ0) is 13.8. The lowest BCUT2D eigenvalue weighted by molar-refractivity contribution is -0.0667. The number of nitrogens with one attached hydrogen (secondary N) is 1. The van der Waals surface area contributed by atoms with Crippen LogP contribution < -0.4 is 5.56 Å². The zero-order valence-corrected chi connectivity index (χ0v) is 11.4. The van der Waals surface area contributed by atoms with E-state index in [1.54, 1.807) is 18.7 Å². The van der Waals surface area contributed by atoms with Gasteiger partial charge in [0, 0.05) is 0 Å². The van der Waals surface area contributed by atoms with Crippen molar-refractivity contribution in [2.45, 2.75) is 19.4 Å². The molecule has 1 saturated heterocycles. The number of nitrogens with zero attached hydrogens (tertiary/aromatic N) is 2. The van der Waals surface area contributed by atoms with Crippen LogP contribution in [0.3, 0.4) is 0 Å². The van der Waals surface area contributed by atoms with E-state index in [2.05, 4.69) is 9.97 Å². The number of likely N-dealkylation sites (tertiary alicyclic amines) is 1. The monoisotopic (exact) mass is 279 g/mol. The summed E-state index contributed by atoms with van der Waals surface area (Å²) < 4.78 is 0. The first kappa shape index (κ1) is 12.3. The summed E-state index contributed by atoms with van der Waals surface area (Å²) in [6.45, 7) is 4.09. The third kappa shape index (κ3) is 1.85. The number of carbonyl (C=O) groups excluding carboxylic acids is 1. The van der Waals surface area contributed by atoms with E-state index >= 15 is 0 Å². The maximum Gasteiger partial charge on any atom is 0.264 e. The molecule has 2 N–H and O–H groups in total. The second kappa shape index (κ2) is 3.88. The molecule has 0 unspecified atom stereocenters. The molecule has 19 heavy (non-hydrogen) atoms. The molecular formula is C12H13N3O3S. The number of hydrogen-bond acceptors (Lipinski definition) is 5. The Hall–Kier alpha value is -1.73. The number of H-pyrrole nitrogens is 1. The summed E-state index contributed by atoms with van der Waals surface area (Å²) in [6.07, 6.45) is 1.34. The quantitative estimate of drug-likeness (QED) is 0.796. The van der Waals surface area contributed by atoms with E-state index in [4.69, 9.17) is 0 Å². The van der Waals surface area contributed by atoms with Gasteiger partial charge in [-0.15, -0.1) is 11.3 Å². The number of fused-ring (bicyclic) bond motifs is 1.